The molecule has 1 aromatic rings. The lowest BCUT2D eigenvalue weighted by Gasteiger charge is -2.39. The largest absolute Gasteiger partial charge is 0.372 e. The van der Waals surface area contributed by atoms with Gasteiger partial charge in [-0.1, -0.05) is 50.5 Å². The summed E-state index contributed by atoms with van der Waals surface area (Å²) in [6.07, 6.45) is 8.23. The Hall–Kier alpha value is -0.860. The number of rotatable bonds is 4. The maximum atomic E-state index is 6.21. The van der Waals surface area contributed by atoms with Crippen LogP contribution in [-0.4, -0.2) is 19.2 Å². The van der Waals surface area contributed by atoms with Gasteiger partial charge < -0.3 is 10.1 Å². The van der Waals surface area contributed by atoms with E-state index >= 15 is 0 Å². The summed E-state index contributed by atoms with van der Waals surface area (Å²) in [5, 5.41) is 3.74. The first-order chi connectivity index (χ1) is 9.90. The average molecular weight is 273 g/mol. The highest BCUT2D eigenvalue weighted by molar-refractivity contribution is 5.32. The van der Waals surface area contributed by atoms with Crippen LogP contribution in [0.25, 0.3) is 0 Å². The normalized spacial score (nSPS) is 25.1. The van der Waals surface area contributed by atoms with Crippen LogP contribution in [0.15, 0.2) is 24.3 Å². The summed E-state index contributed by atoms with van der Waals surface area (Å²) >= 11 is 0. The number of ether oxygens (including phenoxy) is 1. The Morgan fingerprint density at radius 3 is 2.80 bits per heavy atom. The topological polar surface area (TPSA) is 21.3 Å². The average Bonchev–Trinajstić information content (AvgIpc) is 2.53. The molecular formula is C18H27NO. The van der Waals surface area contributed by atoms with Gasteiger partial charge in [0.25, 0.3) is 0 Å². The number of hydrogen-bond acceptors (Lipinski definition) is 2. The van der Waals surface area contributed by atoms with Gasteiger partial charge in [0.1, 0.15) is 0 Å². The van der Waals surface area contributed by atoms with E-state index in [1.54, 1.807) is 0 Å². The minimum Gasteiger partial charge on any atom is -0.372 e. The van der Waals surface area contributed by atoms with E-state index in [9.17, 15) is 0 Å². The zero-order valence-electron chi connectivity index (χ0n) is 12.6. The molecule has 0 radical (unpaired) electrons. The smallest absolute Gasteiger partial charge is 0.0983 e. The Balaban J connectivity index is 1.84. The van der Waals surface area contributed by atoms with E-state index in [0.717, 1.165) is 25.5 Å². The van der Waals surface area contributed by atoms with Crippen molar-refractivity contribution >= 4 is 0 Å². The predicted octanol–water partition coefficient (Wildman–Crippen LogP) is 3.86. The van der Waals surface area contributed by atoms with Crippen molar-refractivity contribution in [3.05, 3.63) is 35.4 Å². The summed E-state index contributed by atoms with van der Waals surface area (Å²) in [5.74, 6) is 0.778. The van der Waals surface area contributed by atoms with E-state index in [1.807, 2.05) is 0 Å². The maximum Gasteiger partial charge on any atom is 0.0983 e. The van der Waals surface area contributed by atoms with Crippen LogP contribution >= 0.6 is 0 Å². The molecule has 0 spiro atoms. The van der Waals surface area contributed by atoms with Crippen LogP contribution in [0.1, 0.15) is 56.3 Å². The molecule has 110 valence electrons. The molecule has 2 nitrogen and oxygen atoms in total. The van der Waals surface area contributed by atoms with Crippen LogP contribution in [-0.2, 0) is 11.2 Å². The van der Waals surface area contributed by atoms with E-state index in [4.69, 9.17) is 4.74 Å². The van der Waals surface area contributed by atoms with E-state index < -0.39 is 0 Å². The molecule has 1 fully saturated rings. The minimum atomic E-state index is 0.253. The molecule has 0 bridgehead atoms. The molecule has 1 N–H and O–H groups in total. The zero-order chi connectivity index (χ0) is 13.8. The van der Waals surface area contributed by atoms with Crippen molar-refractivity contribution in [1.29, 1.82) is 0 Å². The maximum absolute atomic E-state index is 6.21. The molecule has 2 aliphatic rings. The summed E-state index contributed by atoms with van der Waals surface area (Å²) in [4.78, 5) is 0. The highest BCUT2D eigenvalue weighted by Crippen LogP contribution is 2.37. The van der Waals surface area contributed by atoms with Crippen LogP contribution in [0.4, 0.5) is 0 Å². The minimum absolute atomic E-state index is 0.253. The first kappa shape index (κ1) is 14.1. The molecule has 1 aliphatic carbocycles. The molecule has 0 amide bonds. The van der Waals surface area contributed by atoms with Crippen molar-refractivity contribution in [2.24, 2.45) is 5.92 Å². The van der Waals surface area contributed by atoms with Gasteiger partial charge in [0, 0.05) is 6.04 Å². The van der Waals surface area contributed by atoms with Gasteiger partial charge in [0.05, 0.1) is 12.7 Å². The number of likely N-dealkylation sites (N-methyl/N-ethyl adjacent to an activating group) is 1. The quantitative estimate of drug-likeness (QED) is 0.899. The molecule has 20 heavy (non-hydrogen) atoms. The first-order valence-electron chi connectivity index (χ1n) is 8.33. The molecule has 2 unspecified atom stereocenters. The van der Waals surface area contributed by atoms with E-state index in [0.29, 0.717) is 6.04 Å². The fraction of sp³-hybridized carbons (Fsp3) is 0.667. The number of benzene rings is 1. The Morgan fingerprint density at radius 2 is 2.00 bits per heavy atom. The van der Waals surface area contributed by atoms with Gasteiger partial charge >= 0.3 is 0 Å². The highest BCUT2D eigenvalue weighted by atomic mass is 16.5. The molecular weight excluding hydrogens is 246 g/mol. The Bertz CT molecular complexity index is 425. The van der Waals surface area contributed by atoms with Crippen molar-refractivity contribution < 1.29 is 4.74 Å². The van der Waals surface area contributed by atoms with Gasteiger partial charge in [0.2, 0.25) is 0 Å². The Labute approximate surface area is 122 Å². The van der Waals surface area contributed by atoms with Crippen LogP contribution in [0.2, 0.25) is 0 Å². The number of nitrogens with one attached hydrogen (secondary N) is 1. The fourth-order valence-electron chi connectivity index (χ4n) is 3.97. The summed E-state index contributed by atoms with van der Waals surface area (Å²) in [7, 11) is 0. The SMILES string of the molecule is CCNC(C1CCCCC1)C1OCCc2ccccc21. The van der Waals surface area contributed by atoms with Gasteiger partial charge in [-0.25, -0.2) is 0 Å². The van der Waals surface area contributed by atoms with E-state index in [-0.39, 0.29) is 6.10 Å². The summed E-state index contributed by atoms with van der Waals surface area (Å²) in [6, 6.07) is 9.34. The zero-order valence-corrected chi connectivity index (χ0v) is 12.6. The van der Waals surface area contributed by atoms with Crippen LogP contribution in [0, 0.1) is 5.92 Å². The molecule has 1 heterocycles. The summed E-state index contributed by atoms with van der Waals surface area (Å²) in [5.41, 5.74) is 2.91. The van der Waals surface area contributed by atoms with Gasteiger partial charge in [0.15, 0.2) is 0 Å². The lowest BCUT2D eigenvalue weighted by Crippen LogP contribution is -2.44. The summed E-state index contributed by atoms with van der Waals surface area (Å²) in [6.45, 7) is 4.12. The van der Waals surface area contributed by atoms with Crippen LogP contribution < -0.4 is 5.32 Å². The van der Waals surface area contributed by atoms with E-state index in [1.165, 1.54) is 43.2 Å². The highest BCUT2D eigenvalue weighted by Gasteiger charge is 2.34. The third-order valence-electron chi connectivity index (χ3n) is 4.95. The second-order valence-electron chi connectivity index (χ2n) is 6.22. The molecule has 1 aliphatic heterocycles. The molecule has 2 atom stereocenters. The molecule has 3 rings (SSSR count). The second-order valence-corrected chi connectivity index (χ2v) is 6.22. The lowest BCUT2D eigenvalue weighted by atomic mass is 9.79. The lowest BCUT2D eigenvalue weighted by molar-refractivity contribution is -0.00505. The molecule has 1 aromatic carbocycles. The number of hydrogen-bond donors (Lipinski definition) is 1. The van der Waals surface area contributed by atoms with Crippen LogP contribution in [0.3, 0.4) is 0 Å². The molecule has 0 saturated heterocycles. The predicted molar refractivity (Wildman–Crippen MR) is 82.9 cm³/mol. The molecule has 0 aromatic heterocycles. The second kappa shape index (κ2) is 6.73. The first-order valence-corrected chi connectivity index (χ1v) is 8.33. The van der Waals surface area contributed by atoms with Crippen LogP contribution in [0.5, 0.6) is 0 Å². The number of fused-ring (bicyclic) bond motifs is 1. The van der Waals surface area contributed by atoms with E-state index in [2.05, 4.69) is 36.5 Å². The summed E-state index contributed by atoms with van der Waals surface area (Å²) < 4.78 is 6.21. The molecule has 2 heteroatoms. The third-order valence-corrected chi connectivity index (χ3v) is 4.95. The van der Waals surface area contributed by atoms with Gasteiger partial charge in [-0.3, -0.25) is 0 Å². The molecule has 1 saturated carbocycles. The van der Waals surface area contributed by atoms with Crippen molar-refractivity contribution in [3.8, 4) is 0 Å². The fourth-order valence-corrected chi connectivity index (χ4v) is 3.97. The van der Waals surface area contributed by atoms with Gasteiger partial charge in [-0.05, 0) is 42.9 Å². The van der Waals surface area contributed by atoms with Gasteiger partial charge in [-0.2, -0.15) is 0 Å². The Morgan fingerprint density at radius 1 is 1.20 bits per heavy atom. The monoisotopic (exact) mass is 273 g/mol. The van der Waals surface area contributed by atoms with Crippen molar-refractivity contribution in [1.82, 2.24) is 5.32 Å². The van der Waals surface area contributed by atoms with Crippen molar-refractivity contribution in [3.63, 3.8) is 0 Å². The van der Waals surface area contributed by atoms with Crippen molar-refractivity contribution in [2.45, 2.75) is 57.6 Å². The standard InChI is InChI=1S/C18H27NO/c1-2-19-17(15-9-4-3-5-10-15)18-16-11-7-6-8-14(16)12-13-20-18/h6-8,11,15,17-19H,2-5,9-10,12-13H2,1H3. The van der Waals surface area contributed by atoms with Crippen molar-refractivity contribution in [2.75, 3.05) is 13.2 Å². The van der Waals surface area contributed by atoms with Gasteiger partial charge in [-0.15, -0.1) is 0 Å². The Kier molecular flexibility index (Phi) is 4.74. The third kappa shape index (κ3) is 2.91.